The molecule has 0 bridgehead atoms. The lowest BCUT2D eigenvalue weighted by Crippen LogP contribution is -2.40. The van der Waals surface area contributed by atoms with Crippen molar-refractivity contribution in [1.82, 2.24) is 15.5 Å². The van der Waals surface area contributed by atoms with E-state index in [1.165, 1.54) is 128 Å². The predicted molar refractivity (Wildman–Crippen MR) is 161 cm³/mol. The summed E-state index contributed by atoms with van der Waals surface area (Å²) in [5, 5.41) is 16.2. The summed E-state index contributed by atoms with van der Waals surface area (Å²) in [4.78, 5) is 13.3. The Labute approximate surface area is 231 Å². The largest absolute Gasteiger partial charge is 0.480 e. The minimum Gasteiger partial charge on any atom is -0.480 e. The maximum atomic E-state index is 11.2. The third-order valence-electron chi connectivity index (χ3n) is 6.98. The van der Waals surface area contributed by atoms with Gasteiger partial charge in [-0.05, 0) is 25.9 Å². The monoisotopic (exact) mass is 533 g/mol. The van der Waals surface area contributed by atoms with E-state index in [-0.39, 0.29) is 19.0 Å². The second kappa shape index (κ2) is 32.7. The highest BCUT2D eigenvalue weighted by atomic mass is 35.5. The van der Waals surface area contributed by atoms with Crippen LogP contribution in [0.5, 0.6) is 0 Å². The van der Waals surface area contributed by atoms with Crippen molar-refractivity contribution in [3.05, 3.63) is 0 Å². The number of rotatable bonds is 30. The number of hydrogen-bond acceptors (Lipinski definition) is 4. The Kier molecular flexibility index (Phi) is 34.3. The van der Waals surface area contributed by atoms with E-state index in [1.807, 2.05) is 0 Å². The summed E-state index contributed by atoms with van der Waals surface area (Å²) in [5.74, 6) is -0.727. The molecule has 0 aromatic rings. The van der Waals surface area contributed by atoms with Gasteiger partial charge in [-0.2, -0.15) is 0 Å². The van der Waals surface area contributed by atoms with Gasteiger partial charge in [-0.15, -0.1) is 12.4 Å². The third-order valence-corrected chi connectivity index (χ3v) is 6.98. The maximum Gasteiger partial charge on any atom is 0.317 e. The molecule has 0 saturated carbocycles. The molecule has 0 spiro atoms. The lowest BCUT2D eigenvalue weighted by molar-refractivity contribution is -0.138. The first-order valence-corrected chi connectivity index (χ1v) is 15.6. The Hall–Kier alpha value is -0.360. The zero-order valence-corrected chi connectivity index (χ0v) is 25.1. The number of nitrogens with zero attached hydrogens (tertiary/aromatic N) is 1. The zero-order valence-electron chi connectivity index (χ0n) is 24.3. The molecule has 5 nitrogen and oxygen atoms in total. The number of carboxylic acid groups (broad SMARTS) is 1. The summed E-state index contributed by atoms with van der Waals surface area (Å²) in [7, 11) is 0. The smallest absolute Gasteiger partial charge is 0.317 e. The standard InChI is InChI=1S/C30H63N3O2.ClH/c1-3-5-7-9-11-13-15-17-19-21-23-31-25-27-33(29-30(34)35)28-26-32-24-22-20-18-16-14-12-10-8-6-4-2;/h31-32H,3-29H2,1-2H3,(H,34,35);1H. The molecule has 0 aliphatic rings. The molecule has 0 rings (SSSR count). The van der Waals surface area contributed by atoms with Crippen molar-refractivity contribution in [2.45, 2.75) is 142 Å². The summed E-state index contributed by atoms with van der Waals surface area (Å²) in [5.41, 5.74) is 0. The van der Waals surface area contributed by atoms with E-state index in [1.54, 1.807) is 0 Å². The molecule has 0 aliphatic carbocycles. The van der Waals surface area contributed by atoms with Crippen LogP contribution in [0, 0.1) is 0 Å². The fourth-order valence-corrected chi connectivity index (χ4v) is 4.66. The highest BCUT2D eigenvalue weighted by molar-refractivity contribution is 5.85. The number of halogens is 1. The summed E-state index contributed by atoms with van der Waals surface area (Å²) in [6.07, 6.45) is 27.3. The van der Waals surface area contributed by atoms with Gasteiger partial charge in [0.15, 0.2) is 0 Å². The maximum absolute atomic E-state index is 11.2. The van der Waals surface area contributed by atoms with E-state index in [0.29, 0.717) is 0 Å². The van der Waals surface area contributed by atoms with Crippen LogP contribution in [0.4, 0.5) is 0 Å². The van der Waals surface area contributed by atoms with Crippen LogP contribution in [0.3, 0.4) is 0 Å². The number of unbranched alkanes of at least 4 members (excludes halogenated alkanes) is 18. The molecule has 0 amide bonds. The van der Waals surface area contributed by atoms with Gasteiger partial charge >= 0.3 is 5.97 Å². The van der Waals surface area contributed by atoms with Crippen LogP contribution in [0.1, 0.15) is 142 Å². The Morgan fingerprint density at radius 1 is 0.528 bits per heavy atom. The number of carbonyl (C=O) groups is 1. The van der Waals surface area contributed by atoms with Crippen molar-refractivity contribution in [3.63, 3.8) is 0 Å². The van der Waals surface area contributed by atoms with Crippen LogP contribution < -0.4 is 10.6 Å². The molecular weight excluding hydrogens is 470 g/mol. The van der Waals surface area contributed by atoms with Gasteiger partial charge in [0, 0.05) is 26.2 Å². The van der Waals surface area contributed by atoms with Gasteiger partial charge in [-0.3, -0.25) is 9.69 Å². The third kappa shape index (κ3) is 31.7. The first-order chi connectivity index (χ1) is 17.2. The molecule has 0 aromatic heterocycles. The lowest BCUT2D eigenvalue weighted by atomic mass is 10.1. The van der Waals surface area contributed by atoms with Crippen LogP contribution in [-0.4, -0.2) is 61.8 Å². The highest BCUT2D eigenvalue weighted by Crippen LogP contribution is 2.11. The van der Waals surface area contributed by atoms with Gasteiger partial charge in [-0.25, -0.2) is 0 Å². The summed E-state index contributed by atoms with van der Waals surface area (Å²) < 4.78 is 0. The van der Waals surface area contributed by atoms with Crippen LogP contribution >= 0.6 is 12.4 Å². The Balaban J connectivity index is 0. The summed E-state index contributed by atoms with van der Waals surface area (Å²) >= 11 is 0. The average Bonchev–Trinajstić information content (AvgIpc) is 2.84. The molecule has 3 N–H and O–H groups in total. The second-order valence-electron chi connectivity index (χ2n) is 10.5. The minimum absolute atomic E-state index is 0. The molecule has 36 heavy (non-hydrogen) atoms. The topological polar surface area (TPSA) is 64.6 Å². The van der Waals surface area contributed by atoms with Crippen LogP contribution in [0.25, 0.3) is 0 Å². The molecule has 0 heterocycles. The number of hydrogen-bond donors (Lipinski definition) is 3. The first-order valence-electron chi connectivity index (χ1n) is 15.6. The van der Waals surface area contributed by atoms with Gasteiger partial charge in [-0.1, -0.05) is 129 Å². The molecule has 0 fully saturated rings. The SMILES string of the molecule is CCCCCCCCCCCCNCCN(CCNCCCCCCCCCCCC)CC(=O)O.Cl. The van der Waals surface area contributed by atoms with Gasteiger partial charge in [0.05, 0.1) is 6.54 Å². The second-order valence-corrected chi connectivity index (χ2v) is 10.5. The van der Waals surface area contributed by atoms with E-state index < -0.39 is 5.97 Å². The van der Waals surface area contributed by atoms with Gasteiger partial charge in [0.1, 0.15) is 0 Å². The fourth-order valence-electron chi connectivity index (χ4n) is 4.66. The number of aliphatic carboxylic acids is 1. The zero-order chi connectivity index (χ0) is 25.7. The first kappa shape index (κ1) is 37.8. The minimum atomic E-state index is -0.727. The van der Waals surface area contributed by atoms with Crippen molar-refractivity contribution in [2.24, 2.45) is 0 Å². The quantitative estimate of drug-likeness (QED) is 0.0821. The van der Waals surface area contributed by atoms with E-state index in [4.69, 9.17) is 0 Å². The van der Waals surface area contributed by atoms with Crippen molar-refractivity contribution in [1.29, 1.82) is 0 Å². The van der Waals surface area contributed by atoms with Crippen molar-refractivity contribution in [2.75, 3.05) is 45.8 Å². The molecule has 0 unspecified atom stereocenters. The molecule has 0 aromatic carbocycles. The van der Waals surface area contributed by atoms with Crippen LogP contribution in [-0.2, 0) is 4.79 Å². The Morgan fingerprint density at radius 3 is 1.14 bits per heavy atom. The van der Waals surface area contributed by atoms with Crippen molar-refractivity contribution in [3.8, 4) is 0 Å². The highest BCUT2D eigenvalue weighted by Gasteiger charge is 2.08. The van der Waals surface area contributed by atoms with Crippen molar-refractivity contribution < 1.29 is 9.90 Å². The van der Waals surface area contributed by atoms with Gasteiger partial charge < -0.3 is 15.7 Å². The molecule has 0 radical (unpaired) electrons. The molecule has 6 heteroatoms. The lowest BCUT2D eigenvalue weighted by Gasteiger charge is -2.20. The van der Waals surface area contributed by atoms with E-state index in [9.17, 15) is 9.90 Å². The van der Waals surface area contributed by atoms with E-state index >= 15 is 0 Å². The average molecular weight is 534 g/mol. The fraction of sp³-hybridized carbons (Fsp3) is 0.967. The number of nitrogens with one attached hydrogen (secondary N) is 2. The summed E-state index contributed by atoms with van der Waals surface area (Å²) in [6.45, 7) is 10.2. The van der Waals surface area contributed by atoms with Gasteiger partial charge in [0.2, 0.25) is 0 Å². The molecule has 0 aliphatic heterocycles. The number of carboxylic acids is 1. The Morgan fingerprint density at radius 2 is 0.833 bits per heavy atom. The molecular formula is C30H64ClN3O2. The van der Waals surface area contributed by atoms with Crippen LogP contribution in [0.2, 0.25) is 0 Å². The molecule has 218 valence electrons. The van der Waals surface area contributed by atoms with Gasteiger partial charge in [0.25, 0.3) is 0 Å². The molecule has 0 atom stereocenters. The predicted octanol–water partition coefficient (Wildman–Crippen LogP) is 7.82. The Bertz CT molecular complexity index is 397. The molecule has 0 saturated heterocycles. The van der Waals surface area contributed by atoms with Crippen LogP contribution in [0.15, 0.2) is 0 Å². The van der Waals surface area contributed by atoms with E-state index in [0.717, 1.165) is 39.3 Å². The normalized spacial score (nSPS) is 11.2. The van der Waals surface area contributed by atoms with E-state index in [2.05, 4.69) is 29.4 Å². The van der Waals surface area contributed by atoms with Crippen molar-refractivity contribution >= 4 is 18.4 Å². The summed E-state index contributed by atoms with van der Waals surface area (Å²) in [6, 6.07) is 0.